The first-order valence-corrected chi connectivity index (χ1v) is 11.4. The second-order valence-corrected chi connectivity index (χ2v) is 10.7. The maximum absolute atomic E-state index is 12.3. The molecule has 0 amide bonds. The number of para-hydroxylation sites is 1. The highest BCUT2D eigenvalue weighted by atomic mass is 127. The number of aliphatic imine (C=N–C) groups is 1. The Morgan fingerprint density at radius 1 is 1.31 bits per heavy atom. The van der Waals surface area contributed by atoms with Crippen LogP contribution in [0.5, 0.6) is 5.75 Å². The largest absolute Gasteiger partial charge is 0.492 e. The summed E-state index contributed by atoms with van der Waals surface area (Å²) in [6, 6.07) is 7.92. The summed E-state index contributed by atoms with van der Waals surface area (Å²) in [7, 11) is 0.951. The average Bonchev–Trinajstić information content (AvgIpc) is 2.62. The van der Waals surface area contributed by atoms with Crippen molar-refractivity contribution < 1.29 is 13.2 Å². The van der Waals surface area contributed by atoms with Gasteiger partial charge in [-0.05, 0) is 40.9 Å². The minimum atomic E-state index is -3.08. The SMILES string of the molecule is CCNC(=NCc1ccccc1OCCN(C)C)N1CCS(=O)(=O)C(C)(C)C1.I. The fourth-order valence-corrected chi connectivity index (χ4v) is 4.39. The fraction of sp³-hybridized carbons (Fsp3) is 0.650. The molecule has 0 aliphatic carbocycles. The lowest BCUT2D eigenvalue weighted by atomic mass is 10.2. The molecular formula is C20H35IN4O3S. The molecule has 0 bridgehead atoms. The van der Waals surface area contributed by atoms with Crippen molar-refractivity contribution in [3.05, 3.63) is 29.8 Å². The number of hydrogen-bond donors (Lipinski definition) is 1. The molecule has 9 heteroatoms. The Morgan fingerprint density at radius 3 is 2.62 bits per heavy atom. The minimum absolute atomic E-state index is 0. The quantitative estimate of drug-likeness (QED) is 0.326. The molecule has 0 saturated carbocycles. The van der Waals surface area contributed by atoms with Crippen LogP contribution in [0.4, 0.5) is 0 Å². The number of nitrogens with zero attached hydrogens (tertiary/aromatic N) is 3. The third-order valence-corrected chi connectivity index (χ3v) is 7.38. The topological polar surface area (TPSA) is 74.2 Å². The number of benzene rings is 1. The van der Waals surface area contributed by atoms with E-state index in [4.69, 9.17) is 9.73 Å². The summed E-state index contributed by atoms with van der Waals surface area (Å²) in [4.78, 5) is 8.89. The van der Waals surface area contributed by atoms with Crippen LogP contribution in [0, 0.1) is 0 Å². The zero-order chi connectivity index (χ0) is 20.8. The van der Waals surface area contributed by atoms with Gasteiger partial charge in [-0.2, -0.15) is 0 Å². The molecule has 0 unspecified atom stereocenters. The summed E-state index contributed by atoms with van der Waals surface area (Å²) in [6.45, 7) is 9.13. The number of rotatable bonds is 7. The second kappa shape index (κ2) is 11.4. The standard InChI is InChI=1S/C20H34N4O3S.HI/c1-6-21-19(24-12-14-28(25,26)20(2,3)16-24)22-15-17-9-7-8-10-18(17)27-13-11-23(4)5;/h7-10H,6,11-16H2,1-5H3,(H,21,22);1H. The Morgan fingerprint density at radius 2 is 2.00 bits per heavy atom. The summed E-state index contributed by atoms with van der Waals surface area (Å²) < 4.78 is 29.7. The molecule has 29 heavy (non-hydrogen) atoms. The molecule has 2 rings (SSSR count). The van der Waals surface area contributed by atoms with Gasteiger partial charge in [-0.15, -0.1) is 24.0 Å². The van der Waals surface area contributed by atoms with E-state index in [0.717, 1.165) is 30.4 Å². The van der Waals surface area contributed by atoms with Gasteiger partial charge in [-0.25, -0.2) is 13.4 Å². The highest BCUT2D eigenvalue weighted by Crippen LogP contribution is 2.24. The molecule has 0 radical (unpaired) electrons. The number of hydrogen-bond acceptors (Lipinski definition) is 5. The highest BCUT2D eigenvalue weighted by Gasteiger charge is 2.40. The number of likely N-dealkylation sites (N-methyl/N-ethyl adjacent to an activating group) is 1. The van der Waals surface area contributed by atoms with Crippen molar-refractivity contribution in [3.63, 3.8) is 0 Å². The molecule has 1 aliphatic heterocycles. The smallest absolute Gasteiger partial charge is 0.194 e. The third kappa shape index (κ3) is 7.29. The average molecular weight is 538 g/mol. The molecule has 1 fully saturated rings. The molecule has 0 spiro atoms. The van der Waals surface area contributed by atoms with Crippen LogP contribution in [0.15, 0.2) is 29.3 Å². The van der Waals surface area contributed by atoms with Gasteiger partial charge >= 0.3 is 0 Å². The Bertz CT molecular complexity index is 782. The molecule has 1 saturated heterocycles. The lowest BCUT2D eigenvalue weighted by Gasteiger charge is -2.39. The molecule has 1 N–H and O–H groups in total. The van der Waals surface area contributed by atoms with Crippen LogP contribution < -0.4 is 10.1 Å². The Hall–Kier alpha value is -1.07. The predicted molar refractivity (Wildman–Crippen MR) is 130 cm³/mol. The lowest BCUT2D eigenvalue weighted by Crippen LogP contribution is -2.57. The van der Waals surface area contributed by atoms with Crippen molar-refractivity contribution in [3.8, 4) is 5.75 Å². The lowest BCUT2D eigenvalue weighted by molar-refractivity contribution is 0.259. The van der Waals surface area contributed by atoms with Crippen LogP contribution >= 0.6 is 24.0 Å². The van der Waals surface area contributed by atoms with Crippen molar-refractivity contribution in [2.45, 2.75) is 32.1 Å². The number of sulfone groups is 1. The van der Waals surface area contributed by atoms with Gasteiger partial charge in [0.05, 0.1) is 17.0 Å². The van der Waals surface area contributed by atoms with Crippen LogP contribution in [-0.4, -0.2) is 81.6 Å². The van der Waals surface area contributed by atoms with Gasteiger partial charge in [-0.1, -0.05) is 18.2 Å². The van der Waals surface area contributed by atoms with Crippen molar-refractivity contribution in [1.82, 2.24) is 15.1 Å². The van der Waals surface area contributed by atoms with Crippen molar-refractivity contribution >= 4 is 39.8 Å². The predicted octanol–water partition coefficient (Wildman–Crippen LogP) is 2.22. The maximum atomic E-state index is 12.3. The van der Waals surface area contributed by atoms with E-state index in [9.17, 15) is 8.42 Å². The van der Waals surface area contributed by atoms with Crippen LogP contribution in [0.25, 0.3) is 0 Å². The Balaban J connectivity index is 0.00000420. The van der Waals surface area contributed by atoms with Crippen LogP contribution in [0.1, 0.15) is 26.3 Å². The third-order valence-electron chi connectivity index (χ3n) is 4.85. The van der Waals surface area contributed by atoms with Crippen molar-refractivity contribution in [2.24, 2.45) is 4.99 Å². The molecule has 1 aromatic carbocycles. The van der Waals surface area contributed by atoms with Crippen LogP contribution in [0.3, 0.4) is 0 Å². The zero-order valence-electron chi connectivity index (χ0n) is 18.1. The van der Waals surface area contributed by atoms with E-state index in [1.807, 2.05) is 50.2 Å². The second-order valence-electron chi connectivity index (χ2n) is 7.93. The normalized spacial score (nSPS) is 18.3. The number of ether oxygens (including phenoxy) is 1. The van der Waals surface area contributed by atoms with E-state index in [2.05, 4.69) is 10.2 Å². The van der Waals surface area contributed by atoms with Crippen molar-refractivity contribution in [2.75, 3.05) is 52.6 Å². The Kier molecular flexibility index (Phi) is 10.2. The molecule has 166 valence electrons. The summed E-state index contributed by atoms with van der Waals surface area (Å²) in [6.07, 6.45) is 0. The molecule has 1 heterocycles. The summed E-state index contributed by atoms with van der Waals surface area (Å²) in [5.74, 6) is 1.73. The van der Waals surface area contributed by atoms with Crippen molar-refractivity contribution in [1.29, 1.82) is 0 Å². The van der Waals surface area contributed by atoms with Gasteiger partial charge in [0.1, 0.15) is 12.4 Å². The van der Waals surface area contributed by atoms with Crippen LogP contribution in [-0.2, 0) is 16.4 Å². The summed E-state index contributed by atoms with van der Waals surface area (Å²) in [5, 5.41) is 3.30. The maximum Gasteiger partial charge on any atom is 0.194 e. The number of halogens is 1. The first-order valence-electron chi connectivity index (χ1n) is 9.77. The van der Waals surface area contributed by atoms with E-state index in [1.165, 1.54) is 0 Å². The first kappa shape index (κ1) is 26.0. The van der Waals surface area contributed by atoms with E-state index in [1.54, 1.807) is 13.8 Å². The van der Waals surface area contributed by atoms with Gasteiger partial charge in [0.25, 0.3) is 0 Å². The molecule has 1 aromatic rings. The molecule has 0 atom stereocenters. The monoisotopic (exact) mass is 538 g/mol. The molecule has 1 aliphatic rings. The van der Waals surface area contributed by atoms with Gasteiger partial charge < -0.3 is 19.9 Å². The first-order chi connectivity index (χ1) is 13.2. The van der Waals surface area contributed by atoms with Gasteiger partial charge in [0, 0.05) is 31.7 Å². The van der Waals surface area contributed by atoms with Gasteiger partial charge in [-0.3, -0.25) is 0 Å². The van der Waals surface area contributed by atoms with E-state index < -0.39 is 14.6 Å². The molecular weight excluding hydrogens is 503 g/mol. The number of guanidine groups is 1. The van der Waals surface area contributed by atoms with Gasteiger partial charge in [0.15, 0.2) is 15.8 Å². The fourth-order valence-electron chi connectivity index (χ4n) is 3.02. The Labute approximate surface area is 192 Å². The number of nitrogens with one attached hydrogen (secondary N) is 1. The van der Waals surface area contributed by atoms with E-state index >= 15 is 0 Å². The van der Waals surface area contributed by atoms with Crippen LogP contribution in [0.2, 0.25) is 0 Å². The van der Waals surface area contributed by atoms with E-state index in [-0.39, 0.29) is 29.7 Å². The minimum Gasteiger partial charge on any atom is -0.492 e. The highest BCUT2D eigenvalue weighted by molar-refractivity contribution is 14.0. The molecule has 0 aromatic heterocycles. The zero-order valence-corrected chi connectivity index (χ0v) is 21.3. The van der Waals surface area contributed by atoms with E-state index in [0.29, 0.717) is 26.2 Å². The summed E-state index contributed by atoms with van der Waals surface area (Å²) in [5.41, 5.74) is 1.01. The van der Waals surface area contributed by atoms with Gasteiger partial charge in [0.2, 0.25) is 0 Å². The molecule has 7 nitrogen and oxygen atoms in total. The summed E-state index contributed by atoms with van der Waals surface area (Å²) >= 11 is 0.